The molecule has 6 nitrogen and oxygen atoms in total. The summed E-state index contributed by atoms with van der Waals surface area (Å²) in [5.41, 5.74) is 6.75. The Morgan fingerprint density at radius 2 is 2.10 bits per heavy atom. The minimum absolute atomic E-state index is 0.193. The second kappa shape index (κ2) is 6.94. The Morgan fingerprint density at radius 1 is 1.38 bits per heavy atom. The lowest BCUT2D eigenvalue weighted by Crippen LogP contribution is -2.09. The number of thioether (sulfide) groups is 1. The number of hydrogen-bond acceptors (Lipinski definition) is 6. The number of rotatable bonds is 5. The van der Waals surface area contributed by atoms with E-state index in [2.05, 4.69) is 9.97 Å². The van der Waals surface area contributed by atoms with E-state index in [0.29, 0.717) is 23.1 Å². The molecule has 2 rings (SSSR count). The van der Waals surface area contributed by atoms with Crippen molar-refractivity contribution >= 4 is 23.5 Å². The van der Waals surface area contributed by atoms with Gasteiger partial charge in [0.1, 0.15) is 5.82 Å². The summed E-state index contributed by atoms with van der Waals surface area (Å²) in [5, 5.41) is 0.467. The van der Waals surface area contributed by atoms with E-state index in [-0.39, 0.29) is 17.3 Å². The van der Waals surface area contributed by atoms with E-state index in [1.807, 2.05) is 12.1 Å². The smallest absolute Gasteiger partial charge is 0.338 e. The third-order valence-electron chi connectivity index (χ3n) is 2.58. The fourth-order valence-corrected chi connectivity index (χ4v) is 2.46. The van der Waals surface area contributed by atoms with E-state index in [0.717, 1.165) is 5.56 Å². The van der Waals surface area contributed by atoms with Crippen LogP contribution in [-0.4, -0.2) is 22.5 Å². The van der Waals surface area contributed by atoms with Gasteiger partial charge in [0.15, 0.2) is 5.16 Å². The van der Waals surface area contributed by atoms with E-state index in [4.69, 9.17) is 10.5 Å². The van der Waals surface area contributed by atoms with Gasteiger partial charge in [-0.05, 0) is 24.6 Å². The minimum Gasteiger partial charge on any atom is -0.462 e. The Balaban J connectivity index is 2.00. The first kappa shape index (κ1) is 15.1. The number of aromatic nitrogens is 2. The molecule has 7 heteroatoms. The number of hydrogen-bond donors (Lipinski definition) is 2. The van der Waals surface area contributed by atoms with Crippen LogP contribution >= 0.6 is 11.8 Å². The van der Waals surface area contributed by atoms with Crippen molar-refractivity contribution in [3.8, 4) is 0 Å². The van der Waals surface area contributed by atoms with Crippen molar-refractivity contribution in [3.63, 3.8) is 0 Å². The maximum Gasteiger partial charge on any atom is 0.338 e. The summed E-state index contributed by atoms with van der Waals surface area (Å²) < 4.78 is 4.92. The fraction of sp³-hybridized carbons (Fsp3) is 0.214. The van der Waals surface area contributed by atoms with Crippen LogP contribution < -0.4 is 11.3 Å². The molecule has 0 aliphatic rings. The highest BCUT2D eigenvalue weighted by Gasteiger charge is 2.06. The fourth-order valence-electron chi connectivity index (χ4n) is 1.62. The molecule has 0 saturated heterocycles. The van der Waals surface area contributed by atoms with Crippen LogP contribution in [0.3, 0.4) is 0 Å². The lowest BCUT2D eigenvalue weighted by Gasteiger charge is -2.04. The Hall–Kier alpha value is -2.28. The second-order valence-corrected chi connectivity index (χ2v) is 5.15. The van der Waals surface area contributed by atoms with Gasteiger partial charge in [-0.15, -0.1) is 0 Å². The number of carbonyl (C=O) groups excluding carboxylic acids is 1. The summed E-state index contributed by atoms with van der Waals surface area (Å²) in [6.45, 7) is 2.12. The number of benzene rings is 1. The Kier molecular flexibility index (Phi) is 4.99. The number of esters is 1. The van der Waals surface area contributed by atoms with Crippen molar-refractivity contribution in [3.05, 3.63) is 51.8 Å². The van der Waals surface area contributed by atoms with Crippen molar-refractivity contribution < 1.29 is 9.53 Å². The van der Waals surface area contributed by atoms with Crippen LogP contribution in [-0.2, 0) is 10.5 Å². The van der Waals surface area contributed by atoms with Crippen LogP contribution in [0.25, 0.3) is 0 Å². The van der Waals surface area contributed by atoms with Gasteiger partial charge in [0.25, 0.3) is 5.56 Å². The molecule has 0 amide bonds. The average molecular weight is 305 g/mol. The van der Waals surface area contributed by atoms with Crippen molar-refractivity contribution in [1.82, 2.24) is 9.97 Å². The number of nitrogens with zero attached hydrogens (tertiary/aromatic N) is 1. The van der Waals surface area contributed by atoms with Gasteiger partial charge in [-0.2, -0.15) is 0 Å². The topological polar surface area (TPSA) is 98.1 Å². The minimum atomic E-state index is -0.335. The molecule has 2 aromatic rings. The van der Waals surface area contributed by atoms with Crippen LogP contribution in [0.15, 0.2) is 40.3 Å². The Bertz CT molecular complexity index is 683. The van der Waals surface area contributed by atoms with Gasteiger partial charge in [-0.1, -0.05) is 23.9 Å². The molecule has 0 atom stereocenters. The number of nitrogen functional groups attached to an aromatic ring is 1. The van der Waals surface area contributed by atoms with Gasteiger partial charge < -0.3 is 15.5 Å². The monoisotopic (exact) mass is 305 g/mol. The maximum absolute atomic E-state index is 11.5. The summed E-state index contributed by atoms with van der Waals surface area (Å²) in [7, 11) is 0. The zero-order chi connectivity index (χ0) is 15.2. The molecule has 110 valence electrons. The van der Waals surface area contributed by atoms with Crippen molar-refractivity contribution in [2.75, 3.05) is 12.3 Å². The normalized spacial score (nSPS) is 10.3. The molecule has 0 aliphatic heterocycles. The molecule has 0 spiro atoms. The SMILES string of the molecule is CCOC(=O)c1ccc(CSc2nc(N)cc(=O)[nH]2)cc1. The van der Waals surface area contributed by atoms with Gasteiger partial charge in [0, 0.05) is 11.8 Å². The average Bonchev–Trinajstić information content (AvgIpc) is 2.45. The quantitative estimate of drug-likeness (QED) is 0.497. The van der Waals surface area contributed by atoms with E-state index >= 15 is 0 Å². The van der Waals surface area contributed by atoms with Crippen LogP contribution in [0.5, 0.6) is 0 Å². The molecule has 0 aliphatic carbocycles. The van der Waals surface area contributed by atoms with Crippen LogP contribution in [0, 0.1) is 0 Å². The van der Waals surface area contributed by atoms with E-state index in [9.17, 15) is 9.59 Å². The van der Waals surface area contributed by atoms with E-state index in [1.54, 1.807) is 19.1 Å². The number of H-pyrrole nitrogens is 1. The first-order valence-electron chi connectivity index (χ1n) is 6.34. The van der Waals surface area contributed by atoms with Crippen LogP contribution in [0.2, 0.25) is 0 Å². The van der Waals surface area contributed by atoms with Gasteiger partial charge in [0.05, 0.1) is 12.2 Å². The third kappa shape index (κ3) is 4.35. The zero-order valence-corrected chi connectivity index (χ0v) is 12.3. The van der Waals surface area contributed by atoms with E-state index in [1.165, 1.54) is 17.8 Å². The summed E-state index contributed by atoms with van der Waals surface area (Å²) in [6.07, 6.45) is 0. The molecule has 0 saturated carbocycles. The lowest BCUT2D eigenvalue weighted by molar-refractivity contribution is 0.0526. The highest BCUT2D eigenvalue weighted by atomic mass is 32.2. The molecule has 1 aromatic carbocycles. The predicted octanol–water partition coefficient (Wildman–Crippen LogP) is 1.82. The Morgan fingerprint density at radius 3 is 2.71 bits per heavy atom. The lowest BCUT2D eigenvalue weighted by atomic mass is 10.1. The van der Waals surface area contributed by atoms with Crippen molar-refractivity contribution in [1.29, 1.82) is 0 Å². The van der Waals surface area contributed by atoms with Gasteiger partial charge in [-0.3, -0.25) is 4.79 Å². The molecule has 21 heavy (non-hydrogen) atoms. The van der Waals surface area contributed by atoms with Gasteiger partial charge in [-0.25, -0.2) is 9.78 Å². The maximum atomic E-state index is 11.5. The third-order valence-corrected chi connectivity index (χ3v) is 3.52. The molecular formula is C14H15N3O3S. The van der Waals surface area contributed by atoms with Gasteiger partial charge >= 0.3 is 5.97 Å². The standard InChI is InChI=1S/C14H15N3O3S/c1-2-20-13(19)10-5-3-9(4-6-10)8-21-14-16-11(15)7-12(18)17-14/h3-7H,2,8H2,1H3,(H3,15,16,17,18). The first-order valence-corrected chi connectivity index (χ1v) is 7.32. The molecule has 0 radical (unpaired) electrons. The predicted molar refractivity (Wildman–Crippen MR) is 81.2 cm³/mol. The summed E-state index contributed by atoms with van der Waals surface area (Å²) in [5.74, 6) is 0.465. The Labute approximate surface area is 125 Å². The number of anilines is 1. The molecule has 3 N–H and O–H groups in total. The molecule has 1 aromatic heterocycles. The highest BCUT2D eigenvalue weighted by Crippen LogP contribution is 2.19. The summed E-state index contributed by atoms with van der Waals surface area (Å²) >= 11 is 1.36. The van der Waals surface area contributed by atoms with Crippen molar-refractivity contribution in [2.24, 2.45) is 0 Å². The number of carbonyl (C=O) groups is 1. The number of nitrogens with one attached hydrogen (secondary N) is 1. The largest absolute Gasteiger partial charge is 0.462 e. The summed E-state index contributed by atoms with van der Waals surface area (Å²) in [4.78, 5) is 29.4. The van der Waals surface area contributed by atoms with Crippen LogP contribution in [0.1, 0.15) is 22.8 Å². The zero-order valence-electron chi connectivity index (χ0n) is 11.5. The van der Waals surface area contributed by atoms with Gasteiger partial charge in [0.2, 0.25) is 0 Å². The molecular weight excluding hydrogens is 290 g/mol. The van der Waals surface area contributed by atoms with Crippen LogP contribution in [0.4, 0.5) is 5.82 Å². The number of ether oxygens (including phenoxy) is 1. The molecule has 1 heterocycles. The number of nitrogens with two attached hydrogens (primary N) is 1. The van der Waals surface area contributed by atoms with E-state index < -0.39 is 0 Å². The molecule has 0 bridgehead atoms. The second-order valence-electron chi connectivity index (χ2n) is 4.18. The van der Waals surface area contributed by atoms with Crippen molar-refractivity contribution in [2.45, 2.75) is 17.8 Å². The molecule has 0 unspecified atom stereocenters. The number of aromatic amines is 1. The first-order chi connectivity index (χ1) is 10.1. The summed E-state index contributed by atoms with van der Waals surface area (Å²) in [6, 6.07) is 8.33. The molecule has 0 fully saturated rings. The highest BCUT2D eigenvalue weighted by molar-refractivity contribution is 7.98.